The molecule has 0 radical (unpaired) electrons. The van der Waals surface area contributed by atoms with E-state index in [1.807, 2.05) is 18.2 Å². The predicted molar refractivity (Wildman–Crippen MR) is 102 cm³/mol. The van der Waals surface area contributed by atoms with Crippen LogP contribution in [-0.4, -0.2) is 74.7 Å². The third-order valence-corrected chi connectivity index (χ3v) is 4.83. The van der Waals surface area contributed by atoms with Crippen LogP contribution >= 0.6 is 0 Å². The van der Waals surface area contributed by atoms with Crippen LogP contribution in [0.25, 0.3) is 0 Å². The molecule has 0 aromatic heterocycles. The van der Waals surface area contributed by atoms with Crippen molar-refractivity contribution in [3.05, 3.63) is 35.9 Å². The Kier molecular flexibility index (Phi) is 8.94. The fourth-order valence-corrected chi connectivity index (χ4v) is 3.01. The van der Waals surface area contributed by atoms with Crippen LogP contribution in [0.1, 0.15) is 25.3 Å². The Morgan fingerprint density at radius 1 is 1.16 bits per heavy atom. The number of carbonyl (C=O) groups excluding carboxylic acids is 1. The minimum Gasteiger partial charge on any atom is -0.381 e. The highest BCUT2D eigenvalue weighted by Crippen LogP contribution is 2.04. The maximum atomic E-state index is 11.9. The lowest BCUT2D eigenvalue weighted by atomic mass is 10.2. The molecule has 1 aromatic rings. The Bertz CT molecular complexity index is 487. The van der Waals surface area contributed by atoms with Gasteiger partial charge in [0, 0.05) is 51.8 Å². The molecule has 0 bridgehead atoms. The third kappa shape index (κ3) is 7.99. The van der Waals surface area contributed by atoms with Crippen LogP contribution < -0.4 is 5.32 Å². The van der Waals surface area contributed by atoms with Crippen LogP contribution in [0.15, 0.2) is 30.3 Å². The number of piperazine rings is 1. The van der Waals surface area contributed by atoms with Crippen molar-refractivity contribution in [2.24, 2.45) is 0 Å². The molecule has 140 valence electrons. The first-order valence-electron chi connectivity index (χ1n) is 9.46. The Morgan fingerprint density at radius 3 is 2.60 bits per heavy atom. The summed E-state index contributed by atoms with van der Waals surface area (Å²) < 4.78 is 5.63. The molecule has 1 heterocycles. The van der Waals surface area contributed by atoms with Gasteiger partial charge in [0.25, 0.3) is 0 Å². The van der Waals surface area contributed by atoms with Crippen molar-refractivity contribution >= 4 is 5.91 Å². The summed E-state index contributed by atoms with van der Waals surface area (Å²) in [6, 6.07) is 10.7. The lowest BCUT2D eigenvalue weighted by molar-refractivity contribution is -0.121. The number of nitrogens with one attached hydrogen (secondary N) is 1. The van der Waals surface area contributed by atoms with Gasteiger partial charge in [0.1, 0.15) is 0 Å². The van der Waals surface area contributed by atoms with E-state index >= 15 is 0 Å². The van der Waals surface area contributed by atoms with Gasteiger partial charge in [-0.05, 0) is 32.4 Å². The quantitative estimate of drug-likeness (QED) is 0.655. The minimum atomic E-state index is 0.132. The molecule has 0 spiro atoms. The maximum absolute atomic E-state index is 11.9. The van der Waals surface area contributed by atoms with Crippen LogP contribution in [0, 0.1) is 0 Å². The number of ether oxygens (including phenoxy) is 1. The number of nitrogens with zero attached hydrogens (tertiary/aromatic N) is 2. The molecule has 5 heteroatoms. The zero-order valence-corrected chi connectivity index (χ0v) is 15.7. The van der Waals surface area contributed by atoms with Crippen LogP contribution in [0.5, 0.6) is 0 Å². The largest absolute Gasteiger partial charge is 0.381 e. The van der Waals surface area contributed by atoms with Crippen molar-refractivity contribution in [1.29, 1.82) is 0 Å². The molecule has 1 saturated heterocycles. The smallest absolute Gasteiger partial charge is 0.220 e. The molecule has 1 aliphatic rings. The number of benzene rings is 1. The molecule has 1 aromatic carbocycles. The second-order valence-corrected chi connectivity index (χ2v) is 6.94. The van der Waals surface area contributed by atoms with Crippen LogP contribution in [-0.2, 0) is 16.0 Å². The van der Waals surface area contributed by atoms with Crippen LogP contribution in [0.2, 0.25) is 0 Å². The van der Waals surface area contributed by atoms with Crippen molar-refractivity contribution in [3.8, 4) is 0 Å². The van der Waals surface area contributed by atoms with Gasteiger partial charge in [-0.3, -0.25) is 9.69 Å². The van der Waals surface area contributed by atoms with E-state index in [4.69, 9.17) is 4.74 Å². The van der Waals surface area contributed by atoms with E-state index in [-0.39, 0.29) is 5.91 Å². The number of amides is 1. The molecule has 1 amide bonds. The summed E-state index contributed by atoms with van der Waals surface area (Å²) >= 11 is 0. The van der Waals surface area contributed by atoms with Gasteiger partial charge in [0.15, 0.2) is 0 Å². The van der Waals surface area contributed by atoms with Crippen molar-refractivity contribution in [3.63, 3.8) is 0 Å². The van der Waals surface area contributed by atoms with Crippen LogP contribution in [0.3, 0.4) is 0 Å². The first-order chi connectivity index (χ1) is 12.1. The molecule has 1 atom stereocenters. The van der Waals surface area contributed by atoms with E-state index in [0.29, 0.717) is 25.7 Å². The average Bonchev–Trinajstić information content (AvgIpc) is 2.64. The predicted octanol–water partition coefficient (Wildman–Crippen LogP) is 1.78. The van der Waals surface area contributed by atoms with Gasteiger partial charge >= 0.3 is 0 Å². The Balaban J connectivity index is 1.47. The molecule has 1 fully saturated rings. The summed E-state index contributed by atoms with van der Waals surface area (Å²) in [5.41, 5.74) is 1.29. The van der Waals surface area contributed by atoms with Crippen molar-refractivity contribution in [2.45, 2.75) is 32.2 Å². The summed E-state index contributed by atoms with van der Waals surface area (Å²) in [5, 5.41) is 3.06. The number of carbonyl (C=O) groups is 1. The summed E-state index contributed by atoms with van der Waals surface area (Å²) in [7, 11) is 2.16. The normalized spacial score (nSPS) is 17.4. The highest BCUT2D eigenvalue weighted by molar-refractivity contribution is 5.75. The highest BCUT2D eigenvalue weighted by Gasteiger charge is 2.19. The van der Waals surface area contributed by atoms with E-state index in [2.05, 4.69) is 41.2 Å². The summed E-state index contributed by atoms with van der Waals surface area (Å²) in [4.78, 5) is 16.7. The number of rotatable bonds is 10. The molecule has 1 N–H and O–H groups in total. The molecular formula is C20H33N3O2. The number of likely N-dealkylation sites (N-methyl/N-ethyl adjacent to an activating group) is 1. The number of hydrogen-bond acceptors (Lipinski definition) is 4. The standard InChI is InChI=1S/C20H33N3O2/c1-18(23-13-11-22(2)12-14-23)17-21-20(24)9-6-15-25-16-10-19-7-4-3-5-8-19/h3-5,7-8,18H,6,9-17H2,1-2H3,(H,21,24)/t18-/m0/s1. The lowest BCUT2D eigenvalue weighted by Crippen LogP contribution is -2.51. The van der Waals surface area contributed by atoms with Crippen molar-refractivity contribution in [1.82, 2.24) is 15.1 Å². The Morgan fingerprint density at radius 2 is 1.88 bits per heavy atom. The van der Waals surface area contributed by atoms with Crippen LogP contribution in [0.4, 0.5) is 0 Å². The Labute approximate surface area is 152 Å². The van der Waals surface area contributed by atoms with Crippen molar-refractivity contribution in [2.75, 3.05) is 53.0 Å². The van der Waals surface area contributed by atoms with Gasteiger partial charge in [-0.25, -0.2) is 0 Å². The van der Waals surface area contributed by atoms with E-state index < -0.39 is 0 Å². The molecular weight excluding hydrogens is 314 g/mol. The molecule has 5 nitrogen and oxygen atoms in total. The highest BCUT2D eigenvalue weighted by atomic mass is 16.5. The molecule has 2 rings (SSSR count). The fraction of sp³-hybridized carbons (Fsp3) is 0.650. The molecule has 0 aliphatic carbocycles. The topological polar surface area (TPSA) is 44.8 Å². The first-order valence-corrected chi connectivity index (χ1v) is 9.46. The van der Waals surface area contributed by atoms with Gasteiger partial charge in [-0.1, -0.05) is 30.3 Å². The monoisotopic (exact) mass is 347 g/mol. The van der Waals surface area contributed by atoms with Gasteiger partial charge in [0.2, 0.25) is 5.91 Å². The molecule has 25 heavy (non-hydrogen) atoms. The Hall–Kier alpha value is -1.43. The first kappa shape index (κ1) is 19.9. The summed E-state index contributed by atoms with van der Waals surface area (Å²) in [6.07, 6.45) is 2.25. The zero-order valence-electron chi connectivity index (χ0n) is 15.7. The second-order valence-electron chi connectivity index (χ2n) is 6.94. The van der Waals surface area contributed by atoms with E-state index in [9.17, 15) is 4.79 Å². The van der Waals surface area contributed by atoms with E-state index in [1.54, 1.807) is 0 Å². The molecule has 0 unspecified atom stereocenters. The van der Waals surface area contributed by atoms with Gasteiger partial charge in [-0.15, -0.1) is 0 Å². The van der Waals surface area contributed by atoms with Gasteiger partial charge in [-0.2, -0.15) is 0 Å². The summed E-state index contributed by atoms with van der Waals surface area (Å²) in [5.74, 6) is 0.132. The van der Waals surface area contributed by atoms with E-state index in [0.717, 1.165) is 45.6 Å². The number of hydrogen-bond donors (Lipinski definition) is 1. The third-order valence-electron chi connectivity index (χ3n) is 4.83. The van der Waals surface area contributed by atoms with Gasteiger partial charge < -0.3 is 15.0 Å². The zero-order chi connectivity index (χ0) is 17.9. The minimum absolute atomic E-state index is 0.132. The fourth-order valence-electron chi connectivity index (χ4n) is 3.01. The molecule has 1 aliphatic heterocycles. The van der Waals surface area contributed by atoms with E-state index in [1.165, 1.54) is 5.56 Å². The second kappa shape index (κ2) is 11.2. The SMILES string of the molecule is C[C@@H](CNC(=O)CCCOCCc1ccccc1)N1CCN(C)CC1. The maximum Gasteiger partial charge on any atom is 0.220 e. The average molecular weight is 348 g/mol. The van der Waals surface area contributed by atoms with Crippen molar-refractivity contribution < 1.29 is 9.53 Å². The summed E-state index contributed by atoms with van der Waals surface area (Å²) in [6.45, 7) is 8.68. The van der Waals surface area contributed by atoms with Gasteiger partial charge in [0.05, 0.1) is 6.61 Å². The lowest BCUT2D eigenvalue weighted by Gasteiger charge is -2.36. The molecule has 0 saturated carbocycles.